The molecule has 0 aliphatic carbocycles. The van der Waals surface area contributed by atoms with Crippen LogP contribution in [-0.4, -0.2) is 36.5 Å². The first kappa shape index (κ1) is 19.2. The van der Waals surface area contributed by atoms with Crippen molar-refractivity contribution in [1.29, 1.82) is 0 Å². The van der Waals surface area contributed by atoms with Crippen LogP contribution in [-0.2, 0) is 9.53 Å². The molecule has 2 saturated heterocycles. The molecule has 2 aliphatic rings. The van der Waals surface area contributed by atoms with Crippen LogP contribution in [0.3, 0.4) is 0 Å². The molecule has 2 heterocycles. The number of thiocarbonyl (C=S) groups is 1. The van der Waals surface area contributed by atoms with Crippen LogP contribution in [0, 0.1) is 13.8 Å². The third-order valence-corrected chi connectivity index (χ3v) is 6.41. The van der Waals surface area contributed by atoms with Crippen molar-refractivity contribution in [1.82, 2.24) is 0 Å². The van der Waals surface area contributed by atoms with Crippen LogP contribution in [0.2, 0.25) is 0 Å². The zero-order chi connectivity index (χ0) is 19.7. The van der Waals surface area contributed by atoms with Gasteiger partial charge in [0.05, 0.1) is 23.8 Å². The van der Waals surface area contributed by atoms with Crippen molar-refractivity contribution in [2.75, 3.05) is 36.1 Å². The molecule has 2 fully saturated rings. The van der Waals surface area contributed by atoms with Gasteiger partial charge in [-0.1, -0.05) is 42.2 Å². The maximum absolute atomic E-state index is 13.0. The van der Waals surface area contributed by atoms with Crippen LogP contribution in [0.5, 0.6) is 0 Å². The smallest absolute Gasteiger partial charge is 0.270 e. The normalized spacial score (nSPS) is 19.0. The Kier molecular flexibility index (Phi) is 5.53. The summed E-state index contributed by atoms with van der Waals surface area (Å²) in [5.74, 6) is -0.0597. The molecule has 4 rings (SSSR count). The summed E-state index contributed by atoms with van der Waals surface area (Å²) in [5, 5.41) is 0. The zero-order valence-electron chi connectivity index (χ0n) is 16.0. The summed E-state index contributed by atoms with van der Waals surface area (Å²) in [5.41, 5.74) is 5.36. The van der Waals surface area contributed by atoms with Crippen LogP contribution in [0.15, 0.2) is 47.4 Å². The van der Waals surface area contributed by atoms with Crippen molar-refractivity contribution in [3.8, 4) is 0 Å². The Balaban J connectivity index is 1.54. The van der Waals surface area contributed by atoms with Gasteiger partial charge < -0.3 is 9.64 Å². The molecule has 2 aliphatic heterocycles. The number of amides is 1. The second-order valence-electron chi connectivity index (χ2n) is 6.98. The number of rotatable bonds is 3. The number of carbonyl (C=O) groups is 1. The highest BCUT2D eigenvalue weighted by Gasteiger charge is 2.33. The van der Waals surface area contributed by atoms with Gasteiger partial charge in [-0.3, -0.25) is 9.69 Å². The molecule has 0 unspecified atom stereocenters. The van der Waals surface area contributed by atoms with Gasteiger partial charge in [-0.15, -0.1) is 0 Å². The number of thioether (sulfide) groups is 1. The Morgan fingerprint density at radius 1 is 1.00 bits per heavy atom. The van der Waals surface area contributed by atoms with Gasteiger partial charge in [0.2, 0.25) is 0 Å². The van der Waals surface area contributed by atoms with E-state index in [1.807, 2.05) is 43.3 Å². The highest BCUT2D eigenvalue weighted by Crippen LogP contribution is 2.36. The number of aryl methyl sites for hydroxylation is 2. The summed E-state index contributed by atoms with van der Waals surface area (Å²) in [7, 11) is 0. The second kappa shape index (κ2) is 8.07. The fraction of sp³-hybridized carbons (Fsp3) is 0.273. The first-order valence-corrected chi connectivity index (χ1v) is 10.5. The quantitative estimate of drug-likeness (QED) is 0.548. The largest absolute Gasteiger partial charge is 0.378 e. The molecule has 4 nitrogen and oxygen atoms in total. The lowest BCUT2D eigenvalue weighted by molar-refractivity contribution is -0.113. The van der Waals surface area contributed by atoms with Crippen molar-refractivity contribution in [3.63, 3.8) is 0 Å². The number of nitrogens with zero attached hydrogens (tertiary/aromatic N) is 2. The average molecular weight is 411 g/mol. The van der Waals surface area contributed by atoms with Gasteiger partial charge in [-0.25, -0.2) is 0 Å². The van der Waals surface area contributed by atoms with Gasteiger partial charge in [0.25, 0.3) is 5.91 Å². The van der Waals surface area contributed by atoms with E-state index in [4.69, 9.17) is 17.0 Å². The molecule has 0 atom stereocenters. The van der Waals surface area contributed by atoms with Gasteiger partial charge in [0.1, 0.15) is 0 Å². The molecular weight excluding hydrogens is 388 g/mol. The van der Waals surface area contributed by atoms with Crippen LogP contribution in [0.25, 0.3) is 6.08 Å². The molecule has 1 amide bonds. The molecule has 0 radical (unpaired) electrons. The summed E-state index contributed by atoms with van der Waals surface area (Å²) >= 11 is 6.84. The minimum atomic E-state index is -0.0597. The number of benzene rings is 2. The van der Waals surface area contributed by atoms with Gasteiger partial charge in [0.15, 0.2) is 4.32 Å². The number of morpholine rings is 1. The van der Waals surface area contributed by atoms with E-state index in [9.17, 15) is 4.79 Å². The Labute approximate surface area is 175 Å². The standard InChI is InChI=1S/C22H22N2O2S2/c1-15-3-6-19(13-16(15)2)24-21(25)20(28-22(24)27)14-17-4-7-18(8-5-17)23-9-11-26-12-10-23/h3-8,13-14H,9-12H2,1-2H3/b20-14+. The Morgan fingerprint density at radius 3 is 2.36 bits per heavy atom. The van der Waals surface area contributed by atoms with E-state index < -0.39 is 0 Å². The van der Waals surface area contributed by atoms with Gasteiger partial charge >= 0.3 is 0 Å². The van der Waals surface area contributed by atoms with Gasteiger partial charge in [0, 0.05) is 18.8 Å². The fourth-order valence-electron chi connectivity index (χ4n) is 3.31. The number of hydrogen-bond acceptors (Lipinski definition) is 5. The summed E-state index contributed by atoms with van der Waals surface area (Å²) in [4.78, 5) is 17.6. The highest BCUT2D eigenvalue weighted by atomic mass is 32.2. The Bertz CT molecular complexity index is 948. The zero-order valence-corrected chi connectivity index (χ0v) is 17.6. The highest BCUT2D eigenvalue weighted by molar-refractivity contribution is 8.27. The maximum Gasteiger partial charge on any atom is 0.270 e. The molecule has 144 valence electrons. The van der Waals surface area contributed by atoms with Crippen molar-refractivity contribution in [2.24, 2.45) is 0 Å². The summed E-state index contributed by atoms with van der Waals surface area (Å²) < 4.78 is 5.98. The molecule has 0 spiro atoms. The molecule has 6 heteroatoms. The lowest BCUT2D eigenvalue weighted by atomic mass is 10.1. The Morgan fingerprint density at radius 2 is 1.68 bits per heavy atom. The number of anilines is 2. The number of carbonyl (C=O) groups excluding carboxylic acids is 1. The van der Waals surface area contributed by atoms with Gasteiger partial charge in [-0.05, 0) is 60.9 Å². The average Bonchev–Trinajstić information content (AvgIpc) is 2.98. The van der Waals surface area contributed by atoms with E-state index >= 15 is 0 Å². The minimum Gasteiger partial charge on any atom is -0.378 e. The summed E-state index contributed by atoms with van der Waals surface area (Å²) in [6.45, 7) is 7.46. The second-order valence-corrected chi connectivity index (χ2v) is 8.65. The SMILES string of the molecule is Cc1ccc(N2C(=O)/C(=C\c3ccc(N4CCOCC4)cc3)SC2=S)cc1C. The van der Waals surface area contributed by atoms with Crippen LogP contribution >= 0.6 is 24.0 Å². The monoisotopic (exact) mass is 410 g/mol. The first-order valence-electron chi connectivity index (χ1n) is 9.31. The summed E-state index contributed by atoms with van der Waals surface area (Å²) in [6.07, 6.45) is 1.92. The molecule has 0 aromatic heterocycles. The topological polar surface area (TPSA) is 32.8 Å². The number of ether oxygens (including phenoxy) is 1. The first-order chi connectivity index (χ1) is 13.5. The van der Waals surface area contributed by atoms with Crippen LogP contribution in [0.4, 0.5) is 11.4 Å². The molecule has 2 aromatic rings. The van der Waals surface area contributed by atoms with Gasteiger partial charge in [-0.2, -0.15) is 0 Å². The van der Waals surface area contributed by atoms with E-state index in [1.165, 1.54) is 23.0 Å². The van der Waals surface area contributed by atoms with Crippen LogP contribution in [0.1, 0.15) is 16.7 Å². The maximum atomic E-state index is 13.0. The lowest BCUT2D eigenvalue weighted by Gasteiger charge is -2.28. The molecular formula is C22H22N2O2S2. The Hall–Kier alpha value is -2.15. The van der Waals surface area contributed by atoms with Crippen molar-refractivity contribution in [2.45, 2.75) is 13.8 Å². The van der Waals surface area contributed by atoms with Crippen molar-refractivity contribution in [3.05, 3.63) is 64.1 Å². The van der Waals surface area contributed by atoms with E-state index in [-0.39, 0.29) is 5.91 Å². The van der Waals surface area contributed by atoms with E-state index in [0.717, 1.165) is 43.1 Å². The summed E-state index contributed by atoms with van der Waals surface area (Å²) in [6, 6.07) is 14.3. The van der Waals surface area contributed by atoms with E-state index in [0.29, 0.717) is 9.23 Å². The lowest BCUT2D eigenvalue weighted by Crippen LogP contribution is -2.36. The molecule has 0 bridgehead atoms. The molecule has 28 heavy (non-hydrogen) atoms. The van der Waals surface area contributed by atoms with Crippen LogP contribution < -0.4 is 9.80 Å². The minimum absolute atomic E-state index is 0.0597. The molecule has 2 aromatic carbocycles. The van der Waals surface area contributed by atoms with E-state index in [2.05, 4.69) is 24.0 Å². The van der Waals surface area contributed by atoms with Crippen molar-refractivity contribution >= 4 is 51.7 Å². The number of hydrogen-bond donors (Lipinski definition) is 0. The predicted octanol–water partition coefficient (Wildman–Crippen LogP) is 4.55. The fourth-order valence-corrected chi connectivity index (χ4v) is 4.61. The third-order valence-electron chi connectivity index (χ3n) is 5.11. The predicted molar refractivity (Wildman–Crippen MR) is 121 cm³/mol. The van der Waals surface area contributed by atoms with Crippen molar-refractivity contribution < 1.29 is 9.53 Å². The molecule has 0 N–H and O–H groups in total. The van der Waals surface area contributed by atoms with E-state index in [1.54, 1.807) is 4.90 Å². The third kappa shape index (κ3) is 3.85. The molecule has 0 saturated carbocycles.